The number of rotatable bonds is 4. The van der Waals surface area contributed by atoms with Gasteiger partial charge in [-0.25, -0.2) is 13.6 Å². The third-order valence-corrected chi connectivity index (χ3v) is 2.87. The molecule has 0 spiro atoms. The number of nitrogens with zero attached hydrogens (tertiary/aromatic N) is 1. The number of benzene rings is 1. The quantitative estimate of drug-likeness (QED) is 0.630. The number of carbonyl (C=O) groups excluding carboxylic acids is 1. The van der Waals surface area contributed by atoms with Crippen molar-refractivity contribution in [3.63, 3.8) is 0 Å². The summed E-state index contributed by atoms with van der Waals surface area (Å²) in [5.41, 5.74) is -0.0739. The Balaban J connectivity index is 3.39. The van der Waals surface area contributed by atoms with Crippen LogP contribution in [-0.4, -0.2) is 12.6 Å². The van der Waals surface area contributed by atoms with Gasteiger partial charge in [-0.2, -0.15) is 5.26 Å². The molecule has 3 nitrogen and oxygen atoms in total. The number of hydrogen-bond acceptors (Lipinski definition) is 3. The molecule has 0 radical (unpaired) electrons. The second kappa shape index (κ2) is 6.45. The summed E-state index contributed by atoms with van der Waals surface area (Å²) in [6, 6.07) is 4.13. The fourth-order valence-corrected chi connectivity index (χ4v) is 1.91. The van der Waals surface area contributed by atoms with E-state index in [-0.39, 0.29) is 17.7 Å². The molecule has 0 amide bonds. The lowest BCUT2D eigenvalue weighted by Crippen LogP contribution is -2.10. The summed E-state index contributed by atoms with van der Waals surface area (Å²) in [6.07, 6.45) is -2.83. The Labute approximate surface area is 111 Å². The maximum Gasteiger partial charge on any atom is 0.338 e. The fourth-order valence-electron chi connectivity index (χ4n) is 1.44. The smallest absolute Gasteiger partial charge is 0.338 e. The van der Waals surface area contributed by atoms with Crippen molar-refractivity contribution in [3.05, 3.63) is 34.4 Å². The normalized spacial score (nSPS) is 10.2. The molecule has 0 saturated heterocycles. The minimum Gasteiger partial charge on any atom is -0.462 e. The van der Waals surface area contributed by atoms with Crippen molar-refractivity contribution in [2.24, 2.45) is 0 Å². The van der Waals surface area contributed by atoms with Crippen molar-refractivity contribution in [2.45, 2.75) is 18.7 Å². The predicted octanol–water partition coefficient (Wildman–Crippen LogP) is 3.57. The largest absolute Gasteiger partial charge is 0.462 e. The lowest BCUT2D eigenvalue weighted by Gasteiger charge is -2.11. The van der Waals surface area contributed by atoms with Crippen LogP contribution in [0.4, 0.5) is 8.78 Å². The summed E-state index contributed by atoms with van der Waals surface area (Å²) in [4.78, 5) is 11.6. The SMILES string of the molecule is CCOC(=O)c1cc(CBr)c(C#N)cc1C(F)F. The van der Waals surface area contributed by atoms with Crippen molar-refractivity contribution in [3.8, 4) is 6.07 Å². The van der Waals surface area contributed by atoms with Gasteiger partial charge in [0.2, 0.25) is 0 Å². The Bertz CT molecular complexity index is 498. The number of alkyl halides is 3. The molecule has 0 heterocycles. The molecular weight excluding hydrogens is 308 g/mol. The highest BCUT2D eigenvalue weighted by molar-refractivity contribution is 9.08. The highest BCUT2D eigenvalue weighted by Gasteiger charge is 2.22. The van der Waals surface area contributed by atoms with E-state index in [1.807, 2.05) is 6.07 Å². The highest BCUT2D eigenvalue weighted by Crippen LogP contribution is 2.27. The van der Waals surface area contributed by atoms with Crippen LogP contribution in [0, 0.1) is 11.3 Å². The number of carbonyl (C=O) groups is 1. The molecular formula is C12H10BrF2NO2. The van der Waals surface area contributed by atoms with E-state index in [4.69, 9.17) is 10.00 Å². The summed E-state index contributed by atoms with van der Waals surface area (Å²) in [5.74, 6) is -0.806. The molecule has 0 aliphatic carbocycles. The lowest BCUT2D eigenvalue weighted by atomic mass is 10.00. The van der Waals surface area contributed by atoms with E-state index in [0.717, 1.165) is 6.07 Å². The first kappa shape index (κ1) is 14.6. The Hall–Kier alpha value is -1.48. The zero-order chi connectivity index (χ0) is 13.7. The standard InChI is InChI=1S/C12H10BrF2NO2/c1-2-18-12(17)10-3-7(5-13)8(6-16)4-9(10)11(14)15/h3-4,11H,2,5H2,1H3. The van der Waals surface area contributed by atoms with E-state index in [9.17, 15) is 13.6 Å². The van der Waals surface area contributed by atoms with E-state index < -0.39 is 18.0 Å². The summed E-state index contributed by atoms with van der Waals surface area (Å²) >= 11 is 3.14. The maximum absolute atomic E-state index is 12.9. The number of halogens is 3. The molecule has 18 heavy (non-hydrogen) atoms. The molecule has 0 fully saturated rings. The average Bonchev–Trinajstić information content (AvgIpc) is 2.37. The molecule has 1 aromatic rings. The van der Waals surface area contributed by atoms with Crippen LogP contribution >= 0.6 is 15.9 Å². The molecule has 6 heteroatoms. The van der Waals surface area contributed by atoms with Gasteiger partial charge in [0.1, 0.15) is 0 Å². The number of ether oxygens (including phenoxy) is 1. The third-order valence-electron chi connectivity index (χ3n) is 2.27. The van der Waals surface area contributed by atoms with Gasteiger partial charge >= 0.3 is 5.97 Å². The maximum atomic E-state index is 12.9. The van der Waals surface area contributed by atoms with Gasteiger partial charge in [0.25, 0.3) is 6.43 Å². The van der Waals surface area contributed by atoms with Crippen LogP contribution in [-0.2, 0) is 10.1 Å². The number of esters is 1. The molecule has 0 aliphatic rings. The van der Waals surface area contributed by atoms with Crippen LogP contribution in [0.3, 0.4) is 0 Å². The Kier molecular flexibility index (Phi) is 5.23. The topological polar surface area (TPSA) is 50.1 Å². The summed E-state index contributed by atoms with van der Waals surface area (Å²) in [6.45, 7) is 1.69. The fraction of sp³-hybridized carbons (Fsp3) is 0.333. The second-order valence-electron chi connectivity index (χ2n) is 3.36. The van der Waals surface area contributed by atoms with Crippen LogP contribution in [0.5, 0.6) is 0 Å². The number of hydrogen-bond donors (Lipinski definition) is 0. The van der Waals surface area contributed by atoms with Crippen LogP contribution in [0.15, 0.2) is 12.1 Å². The summed E-state index contributed by atoms with van der Waals surface area (Å²) in [5, 5.41) is 9.15. The molecule has 0 aliphatic heterocycles. The first-order valence-corrected chi connectivity index (χ1v) is 6.25. The molecule has 1 rings (SSSR count). The minimum atomic E-state index is -2.83. The van der Waals surface area contributed by atoms with E-state index in [2.05, 4.69) is 15.9 Å². The van der Waals surface area contributed by atoms with E-state index in [1.165, 1.54) is 6.07 Å². The van der Waals surface area contributed by atoms with Crippen LogP contribution in [0.1, 0.15) is 40.4 Å². The molecule has 96 valence electrons. The van der Waals surface area contributed by atoms with Gasteiger partial charge in [0.15, 0.2) is 0 Å². The van der Waals surface area contributed by atoms with E-state index in [1.54, 1.807) is 6.92 Å². The van der Waals surface area contributed by atoms with Crippen molar-refractivity contribution in [1.29, 1.82) is 5.26 Å². The monoisotopic (exact) mass is 317 g/mol. The number of nitriles is 1. The Morgan fingerprint density at radius 3 is 2.67 bits per heavy atom. The second-order valence-corrected chi connectivity index (χ2v) is 3.92. The predicted molar refractivity (Wildman–Crippen MR) is 64.7 cm³/mol. The molecule has 1 aromatic carbocycles. The van der Waals surface area contributed by atoms with Gasteiger partial charge < -0.3 is 4.74 Å². The average molecular weight is 318 g/mol. The van der Waals surface area contributed by atoms with Crippen LogP contribution in [0.2, 0.25) is 0 Å². The van der Waals surface area contributed by atoms with E-state index in [0.29, 0.717) is 10.9 Å². The molecule has 0 saturated carbocycles. The van der Waals surface area contributed by atoms with Crippen molar-refractivity contribution in [1.82, 2.24) is 0 Å². The van der Waals surface area contributed by atoms with Gasteiger partial charge in [-0.3, -0.25) is 0 Å². The first-order valence-electron chi connectivity index (χ1n) is 5.13. The molecule has 0 bridgehead atoms. The Morgan fingerprint density at radius 1 is 1.56 bits per heavy atom. The Morgan fingerprint density at radius 2 is 2.22 bits per heavy atom. The van der Waals surface area contributed by atoms with Gasteiger partial charge in [-0.05, 0) is 24.6 Å². The highest BCUT2D eigenvalue weighted by atomic mass is 79.9. The van der Waals surface area contributed by atoms with Gasteiger partial charge in [-0.1, -0.05) is 15.9 Å². The molecule has 0 unspecified atom stereocenters. The van der Waals surface area contributed by atoms with Crippen molar-refractivity contribution < 1.29 is 18.3 Å². The summed E-state index contributed by atoms with van der Waals surface area (Å²) in [7, 11) is 0. The van der Waals surface area contributed by atoms with Gasteiger partial charge in [-0.15, -0.1) is 0 Å². The molecule has 0 N–H and O–H groups in total. The van der Waals surface area contributed by atoms with Crippen LogP contribution in [0.25, 0.3) is 0 Å². The van der Waals surface area contributed by atoms with Gasteiger partial charge in [0, 0.05) is 10.9 Å². The van der Waals surface area contributed by atoms with Crippen molar-refractivity contribution >= 4 is 21.9 Å². The van der Waals surface area contributed by atoms with Crippen molar-refractivity contribution in [2.75, 3.05) is 6.61 Å². The van der Waals surface area contributed by atoms with Crippen LogP contribution < -0.4 is 0 Å². The zero-order valence-corrected chi connectivity index (χ0v) is 11.1. The van der Waals surface area contributed by atoms with E-state index >= 15 is 0 Å². The zero-order valence-electron chi connectivity index (χ0n) is 9.54. The molecule has 0 atom stereocenters. The summed E-state index contributed by atoms with van der Waals surface area (Å²) < 4.78 is 30.4. The first-order chi connectivity index (χ1) is 8.54. The molecule has 0 aromatic heterocycles. The van der Waals surface area contributed by atoms with Gasteiger partial charge in [0.05, 0.1) is 23.8 Å². The lowest BCUT2D eigenvalue weighted by molar-refractivity contribution is 0.0515. The minimum absolute atomic E-state index is 0.102. The third kappa shape index (κ3) is 3.05.